The number of carbonyl (C=O) groups excluding carboxylic acids is 13. The number of nitrogens with one attached hydrogen (secondary N) is 8. The van der Waals surface area contributed by atoms with E-state index in [0.29, 0.717) is 23.1 Å². The normalized spacial score (nSPS) is 15.4. The second-order valence-electron chi connectivity index (χ2n) is 25.2. The van der Waals surface area contributed by atoms with Crippen LogP contribution in [-0.2, 0) is 92.7 Å². The highest BCUT2D eigenvalue weighted by Crippen LogP contribution is 2.22. The van der Waals surface area contributed by atoms with E-state index in [1.54, 1.807) is 74.5 Å². The van der Waals surface area contributed by atoms with Crippen LogP contribution in [0.5, 0.6) is 5.75 Å². The van der Waals surface area contributed by atoms with Crippen LogP contribution in [0.2, 0.25) is 0 Å². The van der Waals surface area contributed by atoms with Crippen LogP contribution in [0.4, 0.5) is 0 Å². The highest BCUT2D eigenvalue weighted by Gasteiger charge is 2.40. The molecule has 1 heterocycles. The topological polar surface area (TPSA) is 455 Å². The fourth-order valence-corrected chi connectivity index (χ4v) is 11.7. The number of aromatic hydroxyl groups is 1. The lowest BCUT2D eigenvalue weighted by Gasteiger charge is -2.29. The number of hydrogen-bond donors (Lipinski definition) is 13. The van der Waals surface area contributed by atoms with Crippen LogP contribution < -0.4 is 65.5 Å². The maximum Gasteiger partial charge on any atom is 0.329 e. The largest absolute Gasteiger partial charge is 0.508 e. The van der Waals surface area contributed by atoms with Crippen molar-refractivity contribution < 1.29 is 72.2 Å². The summed E-state index contributed by atoms with van der Waals surface area (Å²) in [6.07, 6.45) is -2.79. The van der Waals surface area contributed by atoms with E-state index < -0.39 is 151 Å². The number of phenols is 1. The highest BCUT2D eigenvalue weighted by molar-refractivity contribution is 8.13. The van der Waals surface area contributed by atoms with E-state index in [0.717, 1.165) is 17.3 Å². The molecule has 0 radical (unpaired) electrons. The minimum atomic E-state index is -1.88. The Morgan fingerprint density at radius 1 is 0.566 bits per heavy atom. The molecule has 10 atom stereocenters. The Labute approximate surface area is 580 Å². The standard InChI is InChI=1S/C70H95N13O15S/c1-41(2)35-56(70(97)99-34-32-75-43(5)84)82-61(88)50(23-15-31-71)77-67(94)60(42(3)4)98-69(96)55(39-47-25-27-48(85)28-26-47)81-62(89)51(29-30-58(73)86)76-65(92)54(40-59(74)87)79-63(90)52(37-45-19-11-7-12-20-45)78-64(91)53(38-46-21-13-8-14-22-46)80-66(93)57-24-16-33-83(57)68(95)49(72)36-44-17-9-6-10-18-44/h6-14,17-22,25-28,41-42,49-57,60,85H,15-16,23-24,29-40,71-72H2,1-5H3,(H2,73,86)(H2,74,87)(H,75,84)(H,76,92)(H,77,94)(H,78,91)(H,79,90)(H,80,93)(H,81,89)(H,82,88)/t49-,50+,51+,52-,53+,54+,55+,56+,57?,60+/m1/s1. The summed E-state index contributed by atoms with van der Waals surface area (Å²) in [6.45, 7) is 8.71. The molecule has 536 valence electrons. The van der Waals surface area contributed by atoms with Gasteiger partial charge in [-0.15, -0.1) is 0 Å². The number of rotatable bonds is 40. The van der Waals surface area contributed by atoms with Gasteiger partial charge in [0.05, 0.1) is 18.5 Å². The molecule has 28 nitrogen and oxygen atoms in total. The van der Waals surface area contributed by atoms with E-state index in [4.69, 9.17) is 27.7 Å². The number of nitrogens with two attached hydrogens (primary N) is 4. The first-order chi connectivity index (χ1) is 47.1. The van der Waals surface area contributed by atoms with Gasteiger partial charge in [-0.1, -0.05) is 143 Å². The summed E-state index contributed by atoms with van der Waals surface area (Å²) in [5.41, 5.74) is 25.8. The molecule has 0 aromatic heterocycles. The first-order valence-corrected chi connectivity index (χ1v) is 34.1. The van der Waals surface area contributed by atoms with E-state index in [-0.39, 0.29) is 99.4 Å². The van der Waals surface area contributed by atoms with Gasteiger partial charge in [-0.3, -0.25) is 57.5 Å². The smallest absolute Gasteiger partial charge is 0.329 e. The van der Waals surface area contributed by atoms with Gasteiger partial charge in [0, 0.05) is 51.4 Å². The summed E-state index contributed by atoms with van der Waals surface area (Å²) in [7, 11) is 0. The van der Waals surface area contributed by atoms with Crippen molar-refractivity contribution in [2.24, 2.45) is 34.8 Å². The summed E-state index contributed by atoms with van der Waals surface area (Å²) in [5, 5.41) is 30.7. The number of amides is 11. The minimum absolute atomic E-state index is 0.00700. The number of phenolic OH excluding ortho intramolecular Hbond substituents is 1. The zero-order valence-electron chi connectivity index (χ0n) is 56.5. The number of esters is 1. The minimum Gasteiger partial charge on any atom is -0.508 e. The Bertz CT molecular complexity index is 3390. The van der Waals surface area contributed by atoms with Crippen molar-refractivity contribution in [1.29, 1.82) is 0 Å². The third-order valence-electron chi connectivity index (χ3n) is 16.1. The molecule has 1 unspecified atom stereocenters. The molecule has 1 saturated heterocycles. The zero-order valence-corrected chi connectivity index (χ0v) is 57.4. The predicted octanol–water partition coefficient (Wildman–Crippen LogP) is 0.264. The molecule has 4 aromatic carbocycles. The predicted molar refractivity (Wildman–Crippen MR) is 369 cm³/mol. The van der Waals surface area contributed by atoms with Crippen LogP contribution in [0, 0.1) is 11.8 Å². The van der Waals surface area contributed by atoms with Gasteiger partial charge in [-0.05, 0) is 97.7 Å². The summed E-state index contributed by atoms with van der Waals surface area (Å²) >= 11 is 0.920. The molecule has 0 saturated carbocycles. The zero-order chi connectivity index (χ0) is 72.7. The lowest BCUT2D eigenvalue weighted by atomic mass is 10.0. The average Bonchev–Trinajstić information content (AvgIpc) is 1.78. The first kappa shape index (κ1) is 79.9. The molecule has 4 aromatic rings. The van der Waals surface area contributed by atoms with Crippen molar-refractivity contribution in [2.75, 3.05) is 25.4 Å². The fourth-order valence-electron chi connectivity index (χ4n) is 11.0. The first-order valence-electron chi connectivity index (χ1n) is 33.1. The average molecular weight is 1390 g/mol. The van der Waals surface area contributed by atoms with Crippen molar-refractivity contribution >= 4 is 87.8 Å². The lowest BCUT2D eigenvalue weighted by molar-refractivity contribution is -0.161. The van der Waals surface area contributed by atoms with E-state index in [1.165, 1.54) is 36.1 Å². The van der Waals surface area contributed by atoms with Gasteiger partial charge < -0.3 is 80.2 Å². The second-order valence-corrected chi connectivity index (χ2v) is 26.3. The Morgan fingerprint density at radius 2 is 1.03 bits per heavy atom. The van der Waals surface area contributed by atoms with Crippen LogP contribution in [0.3, 0.4) is 0 Å². The number of thioether (sulfide) groups is 1. The molecule has 5 rings (SSSR count). The Morgan fingerprint density at radius 3 is 1.56 bits per heavy atom. The van der Waals surface area contributed by atoms with Gasteiger partial charge in [0.15, 0.2) is 6.10 Å². The van der Waals surface area contributed by atoms with Gasteiger partial charge in [-0.25, -0.2) is 4.79 Å². The van der Waals surface area contributed by atoms with Gasteiger partial charge in [0.25, 0.3) is 5.91 Å². The molecule has 0 aliphatic carbocycles. The molecule has 1 aliphatic rings. The van der Waals surface area contributed by atoms with Crippen molar-refractivity contribution in [3.8, 4) is 5.75 Å². The Balaban J connectivity index is 1.39. The number of ether oxygens (including phenoxy) is 1. The van der Waals surface area contributed by atoms with Crippen LogP contribution >= 0.6 is 11.8 Å². The second kappa shape index (κ2) is 40.9. The quantitative estimate of drug-likeness (QED) is 0.0210. The van der Waals surface area contributed by atoms with E-state index >= 15 is 0 Å². The van der Waals surface area contributed by atoms with Gasteiger partial charge in [0.1, 0.15) is 48.0 Å². The number of likely N-dealkylation sites (tertiary alicyclic amines) is 1. The maximum atomic E-state index is 14.7. The van der Waals surface area contributed by atoms with Crippen molar-refractivity contribution in [2.45, 2.75) is 172 Å². The van der Waals surface area contributed by atoms with Crippen molar-refractivity contribution in [3.63, 3.8) is 0 Å². The molecule has 0 bridgehead atoms. The van der Waals surface area contributed by atoms with E-state index in [2.05, 4.69) is 42.5 Å². The van der Waals surface area contributed by atoms with Crippen LogP contribution in [-0.4, -0.2) is 172 Å². The van der Waals surface area contributed by atoms with Crippen molar-refractivity contribution in [3.05, 3.63) is 138 Å². The van der Waals surface area contributed by atoms with Gasteiger partial charge >= 0.3 is 5.97 Å². The molecule has 1 fully saturated rings. The summed E-state index contributed by atoms with van der Waals surface area (Å²) in [5.74, 6) is -11.2. The molecule has 0 spiro atoms. The summed E-state index contributed by atoms with van der Waals surface area (Å²) in [6, 6.07) is 19.3. The Kier molecular flexibility index (Phi) is 33.0. The van der Waals surface area contributed by atoms with E-state index in [1.807, 2.05) is 44.2 Å². The summed E-state index contributed by atoms with van der Waals surface area (Å²) < 4.78 is 5.87. The monoisotopic (exact) mass is 1390 g/mol. The third kappa shape index (κ3) is 27.6. The fraction of sp³-hybridized carbons (Fsp3) is 0.471. The molecule has 17 N–H and O–H groups in total. The SMILES string of the molecule is CC(=O)NCCSC(=O)[C@H](CC(C)C)NC(=O)[C@H](CCCN)NC(=O)[C@@H](OC(=O)[C@H](Cc1ccc(O)cc1)NC(=O)[C@H](CCC(N)=O)NC(=O)[C@H](CC(N)=O)NC(=O)[C@@H](Cc1ccccc1)NC(=O)[C@H](Cc1ccccc1)NC(=O)C1CCCN1C(=O)[C@H](N)Cc1ccccc1)C(C)C. The number of nitrogens with zero attached hydrogens (tertiary/aromatic N) is 1. The van der Waals surface area contributed by atoms with E-state index in [9.17, 15) is 67.4 Å². The number of hydrogen-bond acceptors (Lipinski definition) is 18. The highest BCUT2D eigenvalue weighted by atomic mass is 32.2. The molecule has 29 heteroatoms. The van der Waals surface area contributed by atoms with Crippen LogP contribution in [0.1, 0.15) is 108 Å². The third-order valence-corrected chi connectivity index (χ3v) is 17.1. The molecule has 1 aliphatic heterocycles. The number of primary amides is 2. The number of carbonyl (C=O) groups is 13. The molecule has 11 amide bonds. The van der Waals surface area contributed by atoms with Crippen LogP contribution in [0.15, 0.2) is 115 Å². The van der Waals surface area contributed by atoms with Gasteiger partial charge in [0.2, 0.25) is 64.2 Å². The van der Waals surface area contributed by atoms with Crippen molar-refractivity contribution in [1.82, 2.24) is 47.4 Å². The lowest BCUT2D eigenvalue weighted by Crippen LogP contribution is -2.60. The van der Waals surface area contributed by atoms with Gasteiger partial charge in [-0.2, -0.15) is 0 Å². The molecular weight excluding hydrogens is 1290 g/mol. The van der Waals surface area contributed by atoms with Crippen LogP contribution in [0.25, 0.3) is 0 Å². The summed E-state index contributed by atoms with van der Waals surface area (Å²) in [4.78, 5) is 181. The molecular formula is C70H95N13O15S. The number of benzene rings is 4. The Hall–Kier alpha value is -9.74. The molecule has 99 heavy (non-hydrogen) atoms. The maximum absolute atomic E-state index is 14.7.